The zero-order valence-electron chi connectivity index (χ0n) is 14.8. The molecule has 0 aliphatic carbocycles. The number of hydrogen-bond acceptors (Lipinski definition) is 3. The van der Waals surface area contributed by atoms with E-state index in [1.54, 1.807) is 6.07 Å². The highest BCUT2D eigenvalue weighted by Crippen LogP contribution is 2.21. The molecule has 0 fully saturated rings. The second-order valence-corrected chi connectivity index (χ2v) is 6.19. The Morgan fingerprint density at radius 1 is 1.17 bits per heavy atom. The van der Waals surface area contributed by atoms with Crippen LogP contribution in [-0.4, -0.2) is 23.1 Å². The number of carbonyl (C=O) groups is 2. The second-order valence-electron chi connectivity index (χ2n) is 6.19. The monoisotopic (exact) mass is 328 g/mol. The molecule has 0 spiro atoms. The molecule has 2 aromatic rings. The Balaban J connectivity index is 2.00. The average Bonchev–Trinajstić information content (AvgIpc) is 2.82. The van der Waals surface area contributed by atoms with E-state index in [4.69, 9.17) is 4.74 Å². The van der Waals surface area contributed by atoms with Crippen molar-refractivity contribution in [1.29, 1.82) is 0 Å². The van der Waals surface area contributed by atoms with Crippen molar-refractivity contribution in [3.05, 3.63) is 52.8 Å². The first-order valence-corrected chi connectivity index (χ1v) is 8.02. The fourth-order valence-electron chi connectivity index (χ4n) is 2.89. The van der Waals surface area contributed by atoms with Crippen LogP contribution in [0.4, 0.5) is 5.69 Å². The number of nitrogens with one attached hydrogen (secondary N) is 1. The van der Waals surface area contributed by atoms with Gasteiger partial charge in [0.15, 0.2) is 6.61 Å². The molecule has 5 nitrogen and oxygen atoms in total. The molecule has 1 aromatic heterocycles. The molecule has 0 saturated heterocycles. The van der Waals surface area contributed by atoms with Crippen molar-refractivity contribution < 1.29 is 14.3 Å². The van der Waals surface area contributed by atoms with Gasteiger partial charge in [0.05, 0.1) is 5.56 Å². The van der Waals surface area contributed by atoms with Gasteiger partial charge in [-0.2, -0.15) is 0 Å². The van der Waals surface area contributed by atoms with Crippen molar-refractivity contribution in [2.24, 2.45) is 0 Å². The number of amides is 1. The first-order chi connectivity index (χ1) is 11.3. The van der Waals surface area contributed by atoms with E-state index >= 15 is 0 Å². The number of aryl methyl sites for hydroxylation is 2. The molecule has 0 bridgehead atoms. The van der Waals surface area contributed by atoms with Gasteiger partial charge in [-0.1, -0.05) is 18.2 Å². The molecule has 1 N–H and O–H groups in total. The lowest BCUT2D eigenvalue weighted by molar-refractivity contribution is -0.119. The van der Waals surface area contributed by atoms with Crippen LogP contribution in [0.15, 0.2) is 30.3 Å². The SMILES string of the molecule is Cc1ccccc1NC(=O)COC(=O)c1cc(C)n(C(C)C)c1C. The third-order valence-electron chi connectivity index (χ3n) is 3.97. The smallest absolute Gasteiger partial charge is 0.340 e. The number of para-hydroxylation sites is 1. The number of benzene rings is 1. The molecule has 24 heavy (non-hydrogen) atoms. The first-order valence-electron chi connectivity index (χ1n) is 8.02. The minimum Gasteiger partial charge on any atom is -0.452 e. The Labute approximate surface area is 142 Å². The van der Waals surface area contributed by atoms with Crippen molar-refractivity contribution in [2.75, 3.05) is 11.9 Å². The molecule has 0 saturated carbocycles. The van der Waals surface area contributed by atoms with Gasteiger partial charge in [-0.3, -0.25) is 4.79 Å². The zero-order valence-corrected chi connectivity index (χ0v) is 14.8. The van der Waals surface area contributed by atoms with Gasteiger partial charge in [-0.05, 0) is 52.3 Å². The number of carbonyl (C=O) groups excluding carboxylic acids is 2. The number of anilines is 1. The van der Waals surface area contributed by atoms with Crippen LogP contribution < -0.4 is 5.32 Å². The maximum Gasteiger partial charge on any atom is 0.340 e. The van der Waals surface area contributed by atoms with Gasteiger partial charge in [-0.25, -0.2) is 4.79 Å². The Hall–Kier alpha value is -2.56. The molecular weight excluding hydrogens is 304 g/mol. The van der Waals surface area contributed by atoms with Crippen LogP contribution >= 0.6 is 0 Å². The van der Waals surface area contributed by atoms with Gasteiger partial charge in [0.1, 0.15) is 0 Å². The number of ether oxygens (including phenoxy) is 1. The van der Waals surface area contributed by atoms with Crippen molar-refractivity contribution >= 4 is 17.6 Å². The fourth-order valence-corrected chi connectivity index (χ4v) is 2.89. The van der Waals surface area contributed by atoms with Crippen molar-refractivity contribution in [3.8, 4) is 0 Å². The molecule has 5 heteroatoms. The number of esters is 1. The van der Waals surface area contributed by atoms with E-state index in [2.05, 4.69) is 23.7 Å². The molecule has 0 aliphatic heterocycles. The van der Waals surface area contributed by atoms with Gasteiger partial charge in [0, 0.05) is 23.1 Å². The van der Waals surface area contributed by atoms with E-state index in [0.29, 0.717) is 5.56 Å². The van der Waals surface area contributed by atoms with E-state index in [1.165, 1.54) is 0 Å². The van der Waals surface area contributed by atoms with Gasteiger partial charge in [-0.15, -0.1) is 0 Å². The van der Waals surface area contributed by atoms with Crippen LogP contribution in [0.1, 0.15) is 47.2 Å². The van der Waals surface area contributed by atoms with E-state index in [-0.39, 0.29) is 18.6 Å². The van der Waals surface area contributed by atoms with E-state index in [1.807, 2.05) is 45.0 Å². The number of rotatable bonds is 5. The van der Waals surface area contributed by atoms with Gasteiger partial charge in [0.2, 0.25) is 0 Å². The summed E-state index contributed by atoms with van der Waals surface area (Å²) in [6.45, 7) is 9.56. The minimum absolute atomic E-state index is 0.260. The summed E-state index contributed by atoms with van der Waals surface area (Å²) < 4.78 is 7.24. The lowest BCUT2D eigenvalue weighted by Crippen LogP contribution is -2.21. The van der Waals surface area contributed by atoms with Gasteiger partial charge >= 0.3 is 5.97 Å². The summed E-state index contributed by atoms with van der Waals surface area (Å²) in [4.78, 5) is 24.2. The van der Waals surface area contributed by atoms with Gasteiger partial charge in [0.25, 0.3) is 5.91 Å². The van der Waals surface area contributed by atoms with Crippen LogP contribution in [0, 0.1) is 20.8 Å². The third kappa shape index (κ3) is 3.85. The van der Waals surface area contributed by atoms with Crippen LogP contribution in [0.2, 0.25) is 0 Å². The van der Waals surface area contributed by atoms with Crippen molar-refractivity contribution in [1.82, 2.24) is 4.57 Å². The predicted octanol–water partition coefficient (Wildman–Crippen LogP) is 3.79. The highest BCUT2D eigenvalue weighted by molar-refractivity contribution is 5.96. The summed E-state index contributed by atoms with van der Waals surface area (Å²) in [5.41, 5.74) is 4.03. The third-order valence-corrected chi connectivity index (χ3v) is 3.97. The molecule has 0 aliphatic rings. The number of hydrogen-bond donors (Lipinski definition) is 1. The topological polar surface area (TPSA) is 60.3 Å². The van der Waals surface area contributed by atoms with Crippen LogP contribution in [0.25, 0.3) is 0 Å². The second kappa shape index (κ2) is 7.34. The fraction of sp³-hybridized carbons (Fsp3) is 0.368. The number of nitrogens with zero attached hydrogens (tertiary/aromatic N) is 1. The lowest BCUT2D eigenvalue weighted by Gasteiger charge is -2.13. The van der Waals surface area contributed by atoms with Crippen molar-refractivity contribution in [3.63, 3.8) is 0 Å². The molecule has 0 unspecified atom stereocenters. The summed E-state index contributed by atoms with van der Waals surface area (Å²) in [5.74, 6) is -0.828. The Kier molecular flexibility index (Phi) is 5.44. The predicted molar refractivity (Wildman–Crippen MR) is 94.4 cm³/mol. The molecular formula is C19H24N2O3. The largest absolute Gasteiger partial charge is 0.452 e. The molecule has 2 rings (SSSR count). The van der Waals surface area contributed by atoms with E-state index in [9.17, 15) is 9.59 Å². The van der Waals surface area contributed by atoms with Crippen LogP contribution in [0.5, 0.6) is 0 Å². The van der Waals surface area contributed by atoms with E-state index < -0.39 is 5.97 Å². The summed E-state index contributed by atoms with van der Waals surface area (Å²) >= 11 is 0. The average molecular weight is 328 g/mol. The number of aromatic nitrogens is 1. The first kappa shape index (κ1) is 17.8. The van der Waals surface area contributed by atoms with Gasteiger partial charge < -0.3 is 14.6 Å². The minimum atomic E-state index is -0.477. The Morgan fingerprint density at radius 2 is 1.83 bits per heavy atom. The Morgan fingerprint density at radius 3 is 2.42 bits per heavy atom. The summed E-state index contributed by atoms with van der Waals surface area (Å²) in [6.07, 6.45) is 0. The summed E-state index contributed by atoms with van der Waals surface area (Å²) in [6, 6.07) is 9.52. The normalized spacial score (nSPS) is 10.8. The van der Waals surface area contributed by atoms with Crippen molar-refractivity contribution in [2.45, 2.75) is 40.7 Å². The molecule has 0 radical (unpaired) electrons. The molecule has 1 aromatic carbocycles. The maximum atomic E-state index is 12.3. The Bertz CT molecular complexity index is 760. The lowest BCUT2D eigenvalue weighted by atomic mass is 10.2. The maximum absolute atomic E-state index is 12.3. The summed E-state index contributed by atoms with van der Waals surface area (Å²) in [5, 5.41) is 2.75. The van der Waals surface area contributed by atoms with Crippen LogP contribution in [-0.2, 0) is 9.53 Å². The summed E-state index contributed by atoms with van der Waals surface area (Å²) in [7, 11) is 0. The molecule has 128 valence electrons. The van der Waals surface area contributed by atoms with E-state index in [0.717, 1.165) is 22.6 Å². The molecule has 0 atom stereocenters. The standard InChI is InChI=1S/C19H24N2O3/c1-12(2)21-14(4)10-16(15(21)5)19(23)24-11-18(22)20-17-9-7-6-8-13(17)3/h6-10,12H,11H2,1-5H3,(H,20,22). The highest BCUT2D eigenvalue weighted by atomic mass is 16.5. The molecule has 1 amide bonds. The zero-order chi connectivity index (χ0) is 17.9. The highest BCUT2D eigenvalue weighted by Gasteiger charge is 2.19. The quantitative estimate of drug-likeness (QED) is 0.850. The molecule has 1 heterocycles. The van der Waals surface area contributed by atoms with Crippen LogP contribution in [0.3, 0.4) is 0 Å².